The van der Waals surface area contributed by atoms with Gasteiger partial charge < -0.3 is 9.64 Å². The zero-order valence-corrected chi connectivity index (χ0v) is 14.0. The molecule has 0 N–H and O–H groups in total. The summed E-state index contributed by atoms with van der Waals surface area (Å²) in [5.74, 6) is -1.05. The molecule has 0 spiro atoms. The van der Waals surface area contributed by atoms with Gasteiger partial charge in [-0.3, -0.25) is 4.79 Å². The van der Waals surface area contributed by atoms with E-state index in [0.717, 1.165) is 5.69 Å². The standard InChI is InChI=1S/C17H15Cl2NO3/c1-2-20(12-7-4-3-5-8-12)15(21)11-23-17(22)16-13(18)9-6-10-14(16)19/h3-10H,2,11H2,1H3. The van der Waals surface area contributed by atoms with Crippen molar-refractivity contribution in [1.29, 1.82) is 0 Å². The Balaban J connectivity index is 2.05. The number of esters is 1. The van der Waals surface area contributed by atoms with E-state index < -0.39 is 5.97 Å². The van der Waals surface area contributed by atoms with E-state index in [2.05, 4.69) is 0 Å². The van der Waals surface area contributed by atoms with Gasteiger partial charge in [0, 0.05) is 12.2 Å². The van der Waals surface area contributed by atoms with Crippen LogP contribution in [0.4, 0.5) is 5.69 Å². The number of hydrogen-bond acceptors (Lipinski definition) is 3. The van der Waals surface area contributed by atoms with Gasteiger partial charge in [-0.25, -0.2) is 4.79 Å². The highest BCUT2D eigenvalue weighted by Gasteiger charge is 2.20. The molecule has 0 saturated heterocycles. The van der Waals surface area contributed by atoms with Crippen LogP contribution in [0.2, 0.25) is 10.0 Å². The summed E-state index contributed by atoms with van der Waals surface area (Å²) in [4.78, 5) is 25.9. The van der Waals surface area contributed by atoms with Gasteiger partial charge >= 0.3 is 5.97 Å². The van der Waals surface area contributed by atoms with Crippen molar-refractivity contribution in [1.82, 2.24) is 0 Å². The first-order valence-electron chi connectivity index (χ1n) is 7.01. The van der Waals surface area contributed by atoms with Crippen molar-refractivity contribution in [2.75, 3.05) is 18.1 Å². The summed E-state index contributed by atoms with van der Waals surface area (Å²) in [5, 5.41) is 0.371. The van der Waals surface area contributed by atoms with Crippen molar-refractivity contribution in [2.45, 2.75) is 6.92 Å². The number of ether oxygens (including phenoxy) is 1. The van der Waals surface area contributed by atoms with E-state index in [0.29, 0.717) is 6.54 Å². The number of benzene rings is 2. The Hall–Kier alpha value is -2.04. The normalized spacial score (nSPS) is 10.2. The van der Waals surface area contributed by atoms with Gasteiger partial charge in [-0.2, -0.15) is 0 Å². The molecular weight excluding hydrogens is 337 g/mol. The molecule has 2 aromatic carbocycles. The molecule has 0 aliphatic carbocycles. The summed E-state index contributed by atoms with van der Waals surface area (Å²) >= 11 is 11.9. The fourth-order valence-electron chi connectivity index (χ4n) is 2.08. The molecule has 23 heavy (non-hydrogen) atoms. The SMILES string of the molecule is CCN(C(=O)COC(=O)c1c(Cl)cccc1Cl)c1ccccc1. The number of anilines is 1. The Morgan fingerprint density at radius 3 is 2.17 bits per heavy atom. The maximum atomic E-state index is 12.3. The van der Waals surface area contributed by atoms with Gasteiger partial charge in [-0.15, -0.1) is 0 Å². The van der Waals surface area contributed by atoms with Crippen LogP contribution in [0, 0.1) is 0 Å². The predicted molar refractivity (Wildman–Crippen MR) is 91.2 cm³/mol. The third-order valence-electron chi connectivity index (χ3n) is 3.18. The van der Waals surface area contributed by atoms with Gasteiger partial charge in [0.2, 0.25) is 0 Å². The maximum absolute atomic E-state index is 12.3. The summed E-state index contributed by atoms with van der Waals surface area (Å²) in [6.07, 6.45) is 0. The molecule has 6 heteroatoms. The van der Waals surface area contributed by atoms with Crippen molar-refractivity contribution < 1.29 is 14.3 Å². The number of carbonyl (C=O) groups excluding carboxylic acids is 2. The van der Waals surface area contributed by atoms with Crippen LogP contribution < -0.4 is 4.90 Å². The fourth-order valence-corrected chi connectivity index (χ4v) is 2.63. The van der Waals surface area contributed by atoms with E-state index in [-0.39, 0.29) is 28.1 Å². The first-order chi connectivity index (χ1) is 11.0. The largest absolute Gasteiger partial charge is 0.452 e. The lowest BCUT2D eigenvalue weighted by Gasteiger charge is -2.20. The first-order valence-corrected chi connectivity index (χ1v) is 7.76. The van der Waals surface area contributed by atoms with Gasteiger partial charge in [-0.05, 0) is 31.2 Å². The molecule has 0 atom stereocenters. The molecule has 0 aliphatic rings. The first kappa shape index (κ1) is 17.3. The van der Waals surface area contributed by atoms with E-state index >= 15 is 0 Å². The number of halogens is 2. The monoisotopic (exact) mass is 351 g/mol. The topological polar surface area (TPSA) is 46.6 Å². The molecular formula is C17H15Cl2NO3. The van der Waals surface area contributed by atoms with Gasteiger partial charge in [0.1, 0.15) is 0 Å². The number of amides is 1. The third-order valence-corrected chi connectivity index (χ3v) is 3.81. The molecule has 0 saturated carbocycles. The average Bonchev–Trinajstić information content (AvgIpc) is 2.54. The molecule has 2 aromatic rings. The zero-order valence-electron chi connectivity index (χ0n) is 12.5. The van der Waals surface area contributed by atoms with Crippen molar-refractivity contribution >= 4 is 40.8 Å². The van der Waals surface area contributed by atoms with Crippen LogP contribution in [-0.2, 0) is 9.53 Å². The van der Waals surface area contributed by atoms with Gasteiger partial charge in [0.05, 0.1) is 15.6 Å². The second-order valence-electron chi connectivity index (χ2n) is 4.65. The summed E-state index contributed by atoms with van der Waals surface area (Å²) in [7, 11) is 0. The molecule has 0 unspecified atom stereocenters. The second-order valence-corrected chi connectivity index (χ2v) is 5.46. The summed E-state index contributed by atoms with van der Waals surface area (Å²) in [6.45, 7) is 1.92. The Kier molecular flexibility index (Phi) is 6.02. The maximum Gasteiger partial charge on any atom is 0.341 e. The van der Waals surface area contributed by atoms with Crippen LogP contribution in [-0.4, -0.2) is 25.0 Å². The van der Waals surface area contributed by atoms with E-state index in [1.807, 2.05) is 37.3 Å². The Bertz CT molecular complexity index is 684. The molecule has 0 bridgehead atoms. The fraction of sp³-hybridized carbons (Fsp3) is 0.176. The van der Waals surface area contributed by atoms with Gasteiger partial charge in [-0.1, -0.05) is 47.5 Å². The molecule has 0 fully saturated rings. The molecule has 0 heterocycles. The minimum absolute atomic E-state index is 0.0615. The van der Waals surface area contributed by atoms with Crippen LogP contribution in [0.25, 0.3) is 0 Å². The quantitative estimate of drug-likeness (QED) is 0.758. The van der Waals surface area contributed by atoms with Crippen LogP contribution in [0.1, 0.15) is 17.3 Å². The van der Waals surface area contributed by atoms with E-state index in [9.17, 15) is 9.59 Å². The summed E-state index contributed by atoms with van der Waals surface area (Å²) in [6, 6.07) is 13.9. The number of nitrogens with zero attached hydrogens (tertiary/aromatic N) is 1. The van der Waals surface area contributed by atoms with Gasteiger partial charge in [0.25, 0.3) is 5.91 Å². The van der Waals surface area contributed by atoms with Crippen LogP contribution in [0.5, 0.6) is 0 Å². The third kappa shape index (κ3) is 4.24. The zero-order chi connectivity index (χ0) is 16.8. The lowest BCUT2D eigenvalue weighted by molar-refractivity contribution is -0.121. The average molecular weight is 352 g/mol. The Labute approximate surface area is 144 Å². The minimum atomic E-state index is -0.724. The van der Waals surface area contributed by atoms with Crippen LogP contribution in [0.15, 0.2) is 48.5 Å². The molecule has 120 valence electrons. The minimum Gasteiger partial charge on any atom is -0.452 e. The number of para-hydroxylation sites is 1. The number of carbonyl (C=O) groups is 2. The van der Waals surface area contributed by atoms with Crippen molar-refractivity contribution in [3.8, 4) is 0 Å². The summed E-state index contributed by atoms with van der Waals surface area (Å²) < 4.78 is 5.06. The molecule has 2 rings (SSSR count). The molecule has 0 aliphatic heterocycles. The molecule has 0 radical (unpaired) electrons. The van der Waals surface area contributed by atoms with Crippen molar-refractivity contribution in [3.05, 3.63) is 64.1 Å². The van der Waals surface area contributed by atoms with Crippen LogP contribution >= 0.6 is 23.2 Å². The molecule has 1 amide bonds. The number of hydrogen-bond donors (Lipinski definition) is 0. The van der Waals surface area contributed by atoms with E-state index in [1.165, 1.54) is 17.0 Å². The second kappa shape index (κ2) is 7.99. The highest BCUT2D eigenvalue weighted by molar-refractivity contribution is 6.39. The number of rotatable bonds is 5. The molecule has 4 nitrogen and oxygen atoms in total. The summed E-state index contributed by atoms with van der Waals surface area (Å²) in [5.41, 5.74) is 0.804. The Morgan fingerprint density at radius 2 is 1.61 bits per heavy atom. The van der Waals surface area contributed by atoms with E-state index in [4.69, 9.17) is 27.9 Å². The lowest BCUT2D eigenvalue weighted by atomic mass is 10.2. The van der Waals surface area contributed by atoms with Crippen molar-refractivity contribution in [3.63, 3.8) is 0 Å². The van der Waals surface area contributed by atoms with Crippen molar-refractivity contribution in [2.24, 2.45) is 0 Å². The highest BCUT2D eigenvalue weighted by atomic mass is 35.5. The molecule has 0 aromatic heterocycles. The Morgan fingerprint density at radius 1 is 1.00 bits per heavy atom. The smallest absolute Gasteiger partial charge is 0.341 e. The highest BCUT2D eigenvalue weighted by Crippen LogP contribution is 2.25. The number of likely N-dealkylation sites (N-methyl/N-ethyl adjacent to an activating group) is 1. The van der Waals surface area contributed by atoms with Gasteiger partial charge in [0.15, 0.2) is 6.61 Å². The predicted octanol–water partition coefficient (Wildman–Crippen LogP) is 4.20. The van der Waals surface area contributed by atoms with Crippen LogP contribution in [0.3, 0.4) is 0 Å². The van der Waals surface area contributed by atoms with E-state index in [1.54, 1.807) is 6.07 Å². The lowest BCUT2D eigenvalue weighted by Crippen LogP contribution is -2.34.